The molecule has 0 unspecified atom stereocenters. The van der Waals surface area contributed by atoms with Crippen molar-refractivity contribution in [1.29, 1.82) is 0 Å². The van der Waals surface area contributed by atoms with E-state index >= 15 is 0 Å². The smallest absolute Gasteiger partial charge is 0.272 e. The van der Waals surface area contributed by atoms with E-state index in [2.05, 4.69) is 15.2 Å². The molecule has 0 saturated carbocycles. The summed E-state index contributed by atoms with van der Waals surface area (Å²) in [6, 6.07) is 3.40. The van der Waals surface area contributed by atoms with Gasteiger partial charge < -0.3 is 24.3 Å². The van der Waals surface area contributed by atoms with Crippen LogP contribution in [0.1, 0.15) is 43.4 Å². The highest BCUT2D eigenvalue weighted by Gasteiger charge is 2.39. The van der Waals surface area contributed by atoms with Gasteiger partial charge in [-0.3, -0.25) is 14.5 Å². The molecule has 1 fully saturated rings. The Bertz CT molecular complexity index is 1140. The number of nitrogens with one attached hydrogen (secondary N) is 1. The lowest BCUT2D eigenvalue weighted by Crippen LogP contribution is -2.56. The lowest BCUT2D eigenvalue weighted by molar-refractivity contribution is -0.173. The predicted octanol–water partition coefficient (Wildman–Crippen LogP) is 3.11. The fourth-order valence-electron chi connectivity index (χ4n) is 4.50. The molecule has 2 aliphatic rings. The average molecular weight is 522 g/mol. The number of likely N-dealkylation sites (N-methyl/N-ethyl adjacent to an activating group) is 1. The zero-order valence-corrected chi connectivity index (χ0v) is 22.1. The number of carbonyl (C=O) groups excluding carboxylic acids is 2. The fraction of sp³-hybridized carbons (Fsp3) is 0.560. The van der Waals surface area contributed by atoms with Gasteiger partial charge in [-0.2, -0.15) is 0 Å². The summed E-state index contributed by atoms with van der Waals surface area (Å²) >= 11 is 6.16. The number of rotatable bonds is 5. The number of hydrogen-bond acceptors (Lipinski definition) is 6. The molecule has 11 heteroatoms. The third-order valence-electron chi connectivity index (χ3n) is 6.45. The van der Waals surface area contributed by atoms with E-state index in [9.17, 15) is 14.0 Å². The van der Waals surface area contributed by atoms with Gasteiger partial charge in [0.05, 0.1) is 24.5 Å². The normalized spacial score (nSPS) is 18.0. The second-order valence-electron chi connectivity index (χ2n) is 10.4. The standard InChI is InChI=1S/C25H33ClFN5O4/c1-25(2,3)20(23(34)31(5)24-35-11-12-36-24)29-22(33)19-18-14-30(4)9-6-10-32(18)21(28-19)16-13-15(26)7-8-17(16)27/h7-8,13,20,24H,6,9-12,14H2,1-5H3,(H,29,33)/t20-/m1/s1. The second-order valence-corrected chi connectivity index (χ2v) is 10.8. The Labute approximate surface area is 215 Å². The van der Waals surface area contributed by atoms with Gasteiger partial charge in [0.2, 0.25) is 12.3 Å². The molecular weight excluding hydrogens is 489 g/mol. The molecule has 2 aliphatic heterocycles. The van der Waals surface area contributed by atoms with E-state index in [-0.39, 0.29) is 17.2 Å². The van der Waals surface area contributed by atoms with Crippen LogP contribution >= 0.6 is 11.6 Å². The largest absolute Gasteiger partial charge is 0.338 e. The van der Waals surface area contributed by atoms with Gasteiger partial charge in [0.1, 0.15) is 17.7 Å². The van der Waals surface area contributed by atoms with E-state index in [4.69, 9.17) is 21.1 Å². The molecule has 0 aliphatic carbocycles. The van der Waals surface area contributed by atoms with Crippen LogP contribution in [0.15, 0.2) is 18.2 Å². The van der Waals surface area contributed by atoms with Gasteiger partial charge in [-0.1, -0.05) is 32.4 Å². The topological polar surface area (TPSA) is 88.9 Å². The maximum atomic E-state index is 14.8. The molecule has 4 rings (SSSR count). The van der Waals surface area contributed by atoms with Crippen molar-refractivity contribution in [2.24, 2.45) is 5.41 Å². The van der Waals surface area contributed by atoms with E-state index in [0.717, 1.165) is 13.0 Å². The van der Waals surface area contributed by atoms with Gasteiger partial charge in [-0.15, -0.1) is 0 Å². The summed E-state index contributed by atoms with van der Waals surface area (Å²) in [5, 5.41) is 3.27. The summed E-state index contributed by atoms with van der Waals surface area (Å²) < 4.78 is 27.6. The molecule has 1 aromatic heterocycles. The van der Waals surface area contributed by atoms with Gasteiger partial charge >= 0.3 is 0 Å². The zero-order chi connectivity index (χ0) is 26.2. The molecular formula is C25H33ClFN5O4. The maximum absolute atomic E-state index is 14.8. The Kier molecular flexibility index (Phi) is 7.70. The first-order chi connectivity index (χ1) is 17.0. The molecule has 9 nitrogen and oxygen atoms in total. The first-order valence-corrected chi connectivity index (χ1v) is 12.4. The number of amides is 2. The van der Waals surface area contributed by atoms with Crippen molar-refractivity contribution < 1.29 is 23.5 Å². The fourth-order valence-corrected chi connectivity index (χ4v) is 4.67. The van der Waals surface area contributed by atoms with Gasteiger partial charge in [0.25, 0.3) is 5.91 Å². The summed E-state index contributed by atoms with van der Waals surface area (Å²) in [5.41, 5.74) is 0.440. The first-order valence-electron chi connectivity index (χ1n) is 12.0. The number of imidazole rings is 1. The van der Waals surface area contributed by atoms with Crippen LogP contribution < -0.4 is 5.32 Å². The molecule has 1 aromatic carbocycles. The van der Waals surface area contributed by atoms with Crippen molar-refractivity contribution in [3.05, 3.63) is 40.4 Å². The quantitative estimate of drug-likeness (QED) is 0.650. The van der Waals surface area contributed by atoms with Gasteiger partial charge in [-0.25, -0.2) is 9.37 Å². The molecule has 0 bridgehead atoms. The summed E-state index contributed by atoms with van der Waals surface area (Å²) in [6.07, 6.45) is 0.0139. The Morgan fingerprint density at radius 1 is 1.25 bits per heavy atom. The van der Waals surface area contributed by atoms with E-state index in [0.29, 0.717) is 42.8 Å². The van der Waals surface area contributed by atoms with E-state index in [1.54, 1.807) is 7.05 Å². The number of nitrogens with zero attached hydrogens (tertiary/aromatic N) is 4. The summed E-state index contributed by atoms with van der Waals surface area (Å²) in [6.45, 7) is 8.24. The van der Waals surface area contributed by atoms with Crippen LogP contribution in [0.3, 0.4) is 0 Å². The Hall–Kier alpha value is -2.53. The van der Waals surface area contributed by atoms with E-state index in [1.807, 2.05) is 32.4 Å². The van der Waals surface area contributed by atoms with Gasteiger partial charge in [-0.05, 0) is 43.6 Å². The number of fused-ring (bicyclic) bond motifs is 1. The highest BCUT2D eigenvalue weighted by atomic mass is 35.5. The van der Waals surface area contributed by atoms with E-state index < -0.39 is 29.6 Å². The van der Waals surface area contributed by atoms with Crippen molar-refractivity contribution in [3.8, 4) is 11.4 Å². The van der Waals surface area contributed by atoms with Gasteiger partial charge in [0.15, 0.2) is 5.69 Å². The molecule has 2 aromatic rings. The highest BCUT2D eigenvalue weighted by Crippen LogP contribution is 2.30. The number of benzene rings is 1. The minimum absolute atomic E-state index is 0.163. The zero-order valence-electron chi connectivity index (χ0n) is 21.3. The Morgan fingerprint density at radius 2 is 1.94 bits per heavy atom. The number of carbonyl (C=O) groups is 2. The number of halogens is 2. The summed E-state index contributed by atoms with van der Waals surface area (Å²) in [7, 11) is 3.54. The van der Waals surface area contributed by atoms with Crippen LogP contribution in [0.4, 0.5) is 4.39 Å². The molecule has 0 spiro atoms. The molecule has 0 radical (unpaired) electrons. The Morgan fingerprint density at radius 3 is 2.61 bits per heavy atom. The van der Waals surface area contributed by atoms with Crippen LogP contribution in [0.5, 0.6) is 0 Å². The molecule has 36 heavy (non-hydrogen) atoms. The molecule has 3 heterocycles. The van der Waals surface area contributed by atoms with Crippen LogP contribution in [-0.4, -0.2) is 77.5 Å². The predicted molar refractivity (Wildman–Crippen MR) is 133 cm³/mol. The van der Waals surface area contributed by atoms with Crippen molar-refractivity contribution in [2.75, 3.05) is 33.9 Å². The van der Waals surface area contributed by atoms with Crippen LogP contribution in [0.2, 0.25) is 5.02 Å². The Balaban J connectivity index is 1.71. The molecule has 1 atom stereocenters. The number of aromatic nitrogens is 2. The SMILES string of the molecule is CN1CCCn2c(-c3cc(Cl)ccc3F)nc(C(=O)N[C@H](C(=O)N(C)C3OCCO3)C(C)(C)C)c2C1. The lowest BCUT2D eigenvalue weighted by atomic mass is 9.85. The minimum atomic E-state index is -0.880. The third kappa shape index (κ3) is 5.41. The molecule has 2 amide bonds. The third-order valence-corrected chi connectivity index (χ3v) is 6.69. The average Bonchev–Trinajstić information content (AvgIpc) is 3.42. The second kappa shape index (κ2) is 10.5. The van der Waals surface area contributed by atoms with Crippen LogP contribution in [0.25, 0.3) is 11.4 Å². The van der Waals surface area contributed by atoms with Crippen LogP contribution in [0, 0.1) is 11.2 Å². The van der Waals surface area contributed by atoms with Crippen molar-refractivity contribution in [3.63, 3.8) is 0 Å². The number of ether oxygens (including phenoxy) is 2. The van der Waals surface area contributed by atoms with E-state index in [1.165, 1.54) is 23.1 Å². The van der Waals surface area contributed by atoms with Crippen LogP contribution in [-0.2, 0) is 27.4 Å². The molecule has 196 valence electrons. The maximum Gasteiger partial charge on any atom is 0.272 e. The number of hydrogen-bond donors (Lipinski definition) is 1. The van der Waals surface area contributed by atoms with Crippen molar-refractivity contribution in [2.45, 2.75) is 52.7 Å². The highest BCUT2D eigenvalue weighted by molar-refractivity contribution is 6.30. The van der Waals surface area contributed by atoms with Gasteiger partial charge in [0, 0.05) is 25.2 Å². The summed E-state index contributed by atoms with van der Waals surface area (Å²) in [5.74, 6) is -0.976. The monoisotopic (exact) mass is 521 g/mol. The minimum Gasteiger partial charge on any atom is -0.338 e. The lowest BCUT2D eigenvalue weighted by Gasteiger charge is -2.34. The molecule has 1 N–H and O–H groups in total. The summed E-state index contributed by atoms with van der Waals surface area (Å²) in [4.78, 5) is 35.1. The van der Waals surface area contributed by atoms with Crippen molar-refractivity contribution >= 4 is 23.4 Å². The van der Waals surface area contributed by atoms with Crippen molar-refractivity contribution in [1.82, 2.24) is 24.7 Å². The first kappa shape index (κ1) is 26.5. The molecule has 1 saturated heterocycles.